The Balaban J connectivity index is 1.68. The Labute approximate surface area is 190 Å². The molecule has 10 heteroatoms. The summed E-state index contributed by atoms with van der Waals surface area (Å²) in [5, 5.41) is 3.11. The van der Waals surface area contributed by atoms with Gasteiger partial charge >= 0.3 is 0 Å². The number of nitrogens with zero attached hydrogens (tertiary/aromatic N) is 3. The molecule has 0 spiro atoms. The van der Waals surface area contributed by atoms with Crippen LogP contribution in [0, 0.1) is 13.8 Å². The lowest BCUT2D eigenvalue weighted by atomic mass is 10.2. The van der Waals surface area contributed by atoms with Gasteiger partial charge in [0.05, 0.1) is 11.4 Å². The first kappa shape index (κ1) is 21.9. The Bertz CT molecular complexity index is 1230. The fourth-order valence-corrected chi connectivity index (χ4v) is 5.79. The van der Waals surface area contributed by atoms with E-state index in [0.717, 1.165) is 37.2 Å². The standard InChI is InChI=1S/C21H23ClN4O3S2/c1-14-9-16(22)5-6-18(14)24-31(28,29)17-10-19(21-23-15(2)13-30-21)26(11-17)12-20(27)25-7-3-4-8-25/h5-6,9-11,13,24H,3-4,7-8,12H2,1-2H3. The van der Waals surface area contributed by atoms with Crippen molar-refractivity contribution < 1.29 is 13.2 Å². The number of thiazole rings is 1. The molecule has 3 heterocycles. The predicted molar refractivity (Wildman–Crippen MR) is 123 cm³/mol. The molecule has 0 bridgehead atoms. The summed E-state index contributed by atoms with van der Waals surface area (Å²) in [6, 6.07) is 6.54. The molecule has 0 saturated carbocycles. The Morgan fingerprint density at radius 3 is 2.61 bits per heavy atom. The van der Waals surface area contributed by atoms with Crippen LogP contribution in [0.15, 0.2) is 40.7 Å². The number of hydrogen-bond donors (Lipinski definition) is 1. The molecule has 1 fully saturated rings. The lowest BCUT2D eigenvalue weighted by molar-refractivity contribution is -0.130. The van der Waals surface area contributed by atoms with Crippen molar-refractivity contribution in [2.75, 3.05) is 17.8 Å². The molecule has 1 aromatic carbocycles. The van der Waals surface area contributed by atoms with Crippen LogP contribution >= 0.6 is 22.9 Å². The maximum atomic E-state index is 13.1. The molecule has 0 aliphatic carbocycles. The number of likely N-dealkylation sites (tertiary alicyclic amines) is 1. The lowest BCUT2D eigenvalue weighted by Crippen LogP contribution is -2.31. The molecule has 164 valence electrons. The van der Waals surface area contributed by atoms with Gasteiger partial charge in [-0.1, -0.05) is 11.6 Å². The molecule has 1 aliphatic rings. The second-order valence-electron chi connectivity index (χ2n) is 7.64. The fourth-order valence-electron chi connectivity index (χ4n) is 3.57. The Morgan fingerprint density at radius 2 is 1.97 bits per heavy atom. The maximum Gasteiger partial charge on any atom is 0.263 e. The van der Waals surface area contributed by atoms with E-state index in [4.69, 9.17) is 11.6 Å². The van der Waals surface area contributed by atoms with Crippen molar-refractivity contribution >= 4 is 44.6 Å². The number of carbonyl (C=O) groups excluding carboxylic acids is 1. The highest BCUT2D eigenvalue weighted by Gasteiger charge is 2.24. The topological polar surface area (TPSA) is 84.3 Å². The highest BCUT2D eigenvalue weighted by molar-refractivity contribution is 7.92. The number of nitrogens with one attached hydrogen (secondary N) is 1. The van der Waals surface area contributed by atoms with Crippen LogP contribution in [-0.4, -0.2) is 41.9 Å². The first-order valence-electron chi connectivity index (χ1n) is 9.92. The van der Waals surface area contributed by atoms with E-state index >= 15 is 0 Å². The number of hydrogen-bond acceptors (Lipinski definition) is 5. The first-order valence-corrected chi connectivity index (χ1v) is 12.7. The molecule has 2 aromatic heterocycles. The minimum Gasteiger partial charge on any atom is -0.341 e. The molecule has 1 saturated heterocycles. The molecular weight excluding hydrogens is 456 g/mol. The minimum absolute atomic E-state index is 0.0203. The number of sulfonamides is 1. The summed E-state index contributed by atoms with van der Waals surface area (Å²) in [5.74, 6) is -0.0203. The first-order chi connectivity index (χ1) is 14.7. The van der Waals surface area contributed by atoms with Gasteiger partial charge in [-0.05, 0) is 56.5 Å². The van der Waals surface area contributed by atoms with Gasteiger partial charge in [-0.15, -0.1) is 11.3 Å². The number of anilines is 1. The zero-order valence-corrected chi connectivity index (χ0v) is 19.6. The molecule has 4 rings (SSSR count). The van der Waals surface area contributed by atoms with E-state index in [0.29, 0.717) is 21.4 Å². The van der Waals surface area contributed by atoms with Gasteiger partial charge in [0.25, 0.3) is 10.0 Å². The van der Waals surface area contributed by atoms with Crippen LogP contribution < -0.4 is 4.72 Å². The Morgan fingerprint density at radius 1 is 1.23 bits per heavy atom. The summed E-state index contributed by atoms with van der Waals surface area (Å²) in [4.78, 5) is 19.1. The molecule has 1 amide bonds. The van der Waals surface area contributed by atoms with E-state index in [-0.39, 0.29) is 17.3 Å². The van der Waals surface area contributed by atoms with E-state index < -0.39 is 10.0 Å². The summed E-state index contributed by atoms with van der Waals surface area (Å²) in [5.41, 5.74) is 2.63. The third-order valence-corrected chi connectivity index (χ3v) is 7.77. The van der Waals surface area contributed by atoms with Crippen LogP contribution in [0.2, 0.25) is 5.02 Å². The van der Waals surface area contributed by atoms with Crippen molar-refractivity contribution in [2.24, 2.45) is 0 Å². The summed E-state index contributed by atoms with van der Waals surface area (Å²) in [7, 11) is -3.87. The number of benzene rings is 1. The van der Waals surface area contributed by atoms with Crippen molar-refractivity contribution in [1.82, 2.24) is 14.5 Å². The van der Waals surface area contributed by atoms with Crippen LogP contribution in [0.5, 0.6) is 0 Å². The van der Waals surface area contributed by atoms with E-state index in [1.54, 1.807) is 35.8 Å². The van der Waals surface area contributed by atoms with E-state index in [1.807, 2.05) is 17.2 Å². The summed E-state index contributed by atoms with van der Waals surface area (Å²) >= 11 is 7.40. The monoisotopic (exact) mass is 478 g/mol. The molecule has 1 aliphatic heterocycles. The molecule has 1 N–H and O–H groups in total. The Kier molecular flexibility index (Phi) is 6.09. The second-order valence-corrected chi connectivity index (χ2v) is 10.6. The third-order valence-electron chi connectivity index (χ3n) is 5.22. The highest BCUT2D eigenvalue weighted by atomic mass is 35.5. The van der Waals surface area contributed by atoms with Crippen LogP contribution in [0.4, 0.5) is 5.69 Å². The van der Waals surface area contributed by atoms with Gasteiger partial charge < -0.3 is 9.47 Å². The quantitative estimate of drug-likeness (QED) is 0.572. The number of halogens is 1. The van der Waals surface area contributed by atoms with Gasteiger partial charge in [0.2, 0.25) is 5.91 Å². The number of amides is 1. The average Bonchev–Trinajstić information content (AvgIpc) is 3.44. The number of rotatable bonds is 6. The van der Waals surface area contributed by atoms with Gasteiger partial charge in [0.1, 0.15) is 16.4 Å². The molecule has 0 atom stereocenters. The maximum absolute atomic E-state index is 13.1. The van der Waals surface area contributed by atoms with Gasteiger partial charge in [-0.2, -0.15) is 0 Å². The zero-order chi connectivity index (χ0) is 22.2. The van der Waals surface area contributed by atoms with Crippen molar-refractivity contribution in [1.29, 1.82) is 0 Å². The van der Waals surface area contributed by atoms with Gasteiger partial charge in [0, 0.05) is 35.4 Å². The third kappa shape index (κ3) is 4.78. The smallest absolute Gasteiger partial charge is 0.263 e. The lowest BCUT2D eigenvalue weighted by Gasteiger charge is -2.16. The van der Waals surface area contributed by atoms with Crippen molar-refractivity contribution in [3.05, 3.63) is 52.1 Å². The van der Waals surface area contributed by atoms with Crippen LogP contribution in [0.3, 0.4) is 0 Å². The fraction of sp³-hybridized carbons (Fsp3) is 0.333. The summed E-state index contributed by atoms with van der Waals surface area (Å²) < 4.78 is 30.5. The molecular formula is C21H23ClN4O3S2. The van der Waals surface area contributed by atoms with E-state index in [2.05, 4.69) is 9.71 Å². The molecule has 3 aromatic rings. The second kappa shape index (κ2) is 8.64. The predicted octanol–water partition coefficient (Wildman–Crippen LogP) is 4.31. The SMILES string of the molecule is Cc1csc(-c2cc(S(=O)(=O)Nc3ccc(Cl)cc3C)cn2CC(=O)N2CCCC2)n1. The van der Waals surface area contributed by atoms with Crippen molar-refractivity contribution in [2.45, 2.75) is 38.1 Å². The molecule has 0 radical (unpaired) electrons. The van der Waals surface area contributed by atoms with Crippen LogP contribution in [0.1, 0.15) is 24.1 Å². The number of aromatic nitrogens is 2. The number of aryl methyl sites for hydroxylation is 2. The summed E-state index contributed by atoms with van der Waals surface area (Å²) in [6.45, 7) is 5.23. The van der Waals surface area contributed by atoms with Crippen molar-refractivity contribution in [3.8, 4) is 10.7 Å². The van der Waals surface area contributed by atoms with Crippen LogP contribution in [-0.2, 0) is 21.4 Å². The molecule has 31 heavy (non-hydrogen) atoms. The Hall–Kier alpha value is -2.36. The van der Waals surface area contributed by atoms with Gasteiger partial charge in [-0.25, -0.2) is 13.4 Å². The zero-order valence-electron chi connectivity index (χ0n) is 17.3. The average molecular weight is 479 g/mol. The highest BCUT2D eigenvalue weighted by Crippen LogP contribution is 2.30. The van der Waals surface area contributed by atoms with Crippen LogP contribution in [0.25, 0.3) is 10.7 Å². The largest absolute Gasteiger partial charge is 0.341 e. The molecule has 0 unspecified atom stereocenters. The normalized spacial score (nSPS) is 14.2. The van der Waals surface area contributed by atoms with E-state index in [1.165, 1.54) is 17.5 Å². The molecule has 7 nitrogen and oxygen atoms in total. The summed E-state index contributed by atoms with van der Waals surface area (Å²) in [6.07, 6.45) is 3.51. The van der Waals surface area contributed by atoms with E-state index in [9.17, 15) is 13.2 Å². The minimum atomic E-state index is -3.87. The van der Waals surface area contributed by atoms with Gasteiger partial charge in [0.15, 0.2) is 0 Å². The number of carbonyl (C=O) groups is 1. The van der Waals surface area contributed by atoms with Crippen molar-refractivity contribution in [3.63, 3.8) is 0 Å². The van der Waals surface area contributed by atoms with Gasteiger partial charge in [-0.3, -0.25) is 9.52 Å².